The van der Waals surface area contributed by atoms with Crippen LogP contribution in [0.2, 0.25) is 0 Å². The van der Waals surface area contributed by atoms with Crippen LogP contribution in [0.25, 0.3) is 86.9 Å². The lowest BCUT2D eigenvalue weighted by molar-refractivity contribution is 1.18. The molecule has 0 fully saturated rings. The minimum Gasteiger partial charge on any atom is -0.318 e. The molecule has 0 spiro atoms. The van der Waals surface area contributed by atoms with E-state index in [1.54, 1.807) is 0 Å². The summed E-state index contributed by atoms with van der Waals surface area (Å²) in [6.07, 6.45) is 0. The van der Waals surface area contributed by atoms with E-state index in [1.165, 1.54) is 0 Å². The van der Waals surface area contributed by atoms with Gasteiger partial charge in [0, 0.05) is 27.2 Å². The van der Waals surface area contributed by atoms with Crippen molar-refractivity contribution in [1.82, 2.24) is 9.13 Å². The highest BCUT2D eigenvalue weighted by Crippen LogP contribution is 2.43. The molecule has 2 aromatic heterocycles. The number of hydrogen-bond acceptors (Lipinski definition) is 1. The summed E-state index contributed by atoms with van der Waals surface area (Å²) in [5.74, 6) is 0. The Hall–Kier alpha value is -7.39. The van der Waals surface area contributed by atoms with Gasteiger partial charge in [0.2, 0.25) is 5.69 Å². The number of para-hydroxylation sites is 4. The molecule has 0 bridgehead atoms. The van der Waals surface area contributed by atoms with Crippen molar-refractivity contribution in [3.63, 3.8) is 0 Å². The van der Waals surface area contributed by atoms with Crippen LogP contribution in [0, 0.1) is 24.5 Å². The molecule has 7 aromatic carbocycles. The summed E-state index contributed by atoms with van der Waals surface area (Å²) in [4.78, 5) is 7.93. The van der Waals surface area contributed by atoms with Crippen molar-refractivity contribution in [2.75, 3.05) is 0 Å². The van der Waals surface area contributed by atoms with E-state index in [0.29, 0.717) is 16.9 Å². The quantitative estimate of drug-likeness (QED) is 0.177. The van der Waals surface area contributed by atoms with Crippen molar-refractivity contribution < 1.29 is 0 Å². The van der Waals surface area contributed by atoms with E-state index in [4.69, 9.17) is 13.1 Å². The summed E-state index contributed by atoms with van der Waals surface area (Å²) in [5.41, 5.74) is 11.0. The number of aromatic nitrogens is 2. The highest BCUT2D eigenvalue weighted by Gasteiger charge is 2.20. The zero-order valence-corrected chi connectivity index (χ0v) is 26.7. The summed E-state index contributed by atoms with van der Waals surface area (Å²) in [7, 11) is 0. The lowest BCUT2D eigenvalue weighted by atomic mass is 9.96. The predicted octanol–water partition coefficient (Wildman–Crippen LogP) is 12.2. The Labute approximate surface area is 288 Å². The first-order chi connectivity index (χ1) is 24.7. The molecule has 2 heterocycles. The molecule has 0 amide bonds. The summed E-state index contributed by atoms with van der Waals surface area (Å²) in [5, 5.41) is 14.1. The van der Waals surface area contributed by atoms with Gasteiger partial charge < -0.3 is 9.13 Å². The first-order valence-corrected chi connectivity index (χ1v) is 16.2. The molecule has 50 heavy (non-hydrogen) atoms. The number of nitrogens with zero attached hydrogens (tertiary/aromatic N) is 5. The first kappa shape index (κ1) is 28.8. The van der Waals surface area contributed by atoms with Gasteiger partial charge in [-0.1, -0.05) is 103 Å². The van der Waals surface area contributed by atoms with Gasteiger partial charge in [-0.25, -0.2) is 9.69 Å². The normalized spacial score (nSPS) is 11.1. The molecule has 0 radical (unpaired) electrons. The summed E-state index contributed by atoms with van der Waals surface area (Å²) in [6.45, 7) is 16.3. The van der Waals surface area contributed by atoms with Crippen LogP contribution < -0.4 is 0 Å². The fraction of sp³-hybridized carbons (Fsp3) is 0. The number of fused-ring (bicyclic) bond motifs is 6. The van der Waals surface area contributed by atoms with E-state index in [2.05, 4.69) is 97.7 Å². The summed E-state index contributed by atoms with van der Waals surface area (Å²) < 4.78 is 4.38. The minimum absolute atomic E-state index is 0.543. The fourth-order valence-corrected chi connectivity index (χ4v) is 7.42. The Balaban J connectivity index is 1.26. The topological polar surface area (TPSA) is 42.4 Å². The predicted molar refractivity (Wildman–Crippen MR) is 203 cm³/mol. The molecule has 0 atom stereocenters. The fourth-order valence-electron chi connectivity index (χ4n) is 7.42. The highest BCUT2D eigenvalue weighted by molar-refractivity contribution is 6.11. The van der Waals surface area contributed by atoms with Gasteiger partial charge in [0.05, 0.1) is 52.5 Å². The van der Waals surface area contributed by atoms with Crippen molar-refractivity contribution in [2.45, 2.75) is 0 Å². The Morgan fingerprint density at radius 3 is 1.68 bits per heavy atom. The summed E-state index contributed by atoms with van der Waals surface area (Å²) >= 11 is 0. The van der Waals surface area contributed by atoms with Crippen LogP contribution in [0.4, 0.5) is 11.4 Å². The largest absolute Gasteiger partial charge is 0.318 e. The number of benzene rings is 7. The van der Waals surface area contributed by atoms with Crippen molar-refractivity contribution in [2.24, 2.45) is 0 Å². The van der Waals surface area contributed by atoms with Crippen LogP contribution >= 0.6 is 0 Å². The highest BCUT2D eigenvalue weighted by atomic mass is 15.0. The second-order valence-electron chi connectivity index (χ2n) is 12.2. The van der Waals surface area contributed by atoms with Crippen molar-refractivity contribution in [1.29, 1.82) is 5.26 Å². The van der Waals surface area contributed by atoms with Gasteiger partial charge in [-0.2, -0.15) is 5.26 Å². The van der Waals surface area contributed by atoms with E-state index in [0.717, 1.165) is 77.2 Å². The lowest BCUT2D eigenvalue weighted by Gasteiger charge is -2.17. The Kier molecular flexibility index (Phi) is 6.56. The molecule has 0 unspecified atom stereocenters. The van der Waals surface area contributed by atoms with E-state index in [9.17, 15) is 5.26 Å². The molecule has 9 rings (SSSR count). The van der Waals surface area contributed by atoms with Crippen LogP contribution in [0.15, 0.2) is 152 Å². The smallest absolute Gasteiger partial charge is 0.211 e. The van der Waals surface area contributed by atoms with Crippen LogP contribution in [0.1, 0.15) is 5.56 Å². The third kappa shape index (κ3) is 4.31. The van der Waals surface area contributed by atoms with E-state index >= 15 is 0 Å². The average molecular weight is 636 g/mol. The van der Waals surface area contributed by atoms with Gasteiger partial charge in [0.15, 0.2) is 5.69 Å². The molecule has 230 valence electrons. The zero-order chi connectivity index (χ0) is 33.8. The minimum atomic E-state index is 0.543. The number of nitriles is 1. The maximum absolute atomic E-state index is 9.72. The third-order valence-corrected chi connectivity index (χ3v) is 9.59. The van der Waals surface area contributed by atoms with E-state index in [-0.39, 0.29) is 0 Å². The molecule has 5 heteroatoms. The molecule has 0 aliphatic rings. The number of hydrogen-bond donors (Lipinski definition) is 0. The van der Waals surface area contributed by atoms with Crippen LogP contribution in [-0.4, -0.2) is 9.13 Å². The monoisotopic (exact) mass is 635 g/mol. The van der Waals surface area contributed by atoms with Gasteiger partial charge in [-0.05, 0) is 70.8 Å². The zero-order valence-electron chi connectivity index (χ0n) is 26.7. The number of rotatable bonds is 4. The second-order valence-corrected chi connectivity index (χ2v) is 12.2. The molecule has 9 aromatic rings. The van der Waals surface area contributed by atoms with Gasteiger partial charge >= 0.3 is 0 Å². The lowest BCUT2D eigenvalue weighted by Crippen LogP contribution is -1.98. The Morgan fingerprint density at radius 2 is 1.04 bits per heavy atom. The van der Waals surface area contributed by atoms with Crippen LogP contribution in [0.3, 0.4) is 0 Å². The maximum atomic E-state index is 9.72. The van der Waals surface area contributed by atoms with Gasteiger partial charge in [0.25, 0.3) is 0 Å². The van der Waals surface area contributed by atoms with Crippen molar-refractivity contribution >= 4 is 55.0 Å². The van der Waals surface area contributed by atoms with E-state index in [1.807, 2.05) is 78.9 Å². The molecule has 0 aliphatic carbocycles. The van der Waals surface area contributed by atoms with Crippen LogP contribution in [-0.2, 0) is 0 Å². The Bertz CT molecular complexity index is 2920. The van der Waals surface area contributed by atoms with Gasteiger partial charge in [-0.3, -0.25) is 0 Å². The summed E-state index contributed by atoms with van der Waals surface area (Å²) in [6, 6.07) is 53.0. The van der Waals surface area contributed by atoms with Crippen molar-refractivity contribution in [3.8, 4) is 39.7 Å². The molecular weight excluding hydrogens is 611 g/mol. The standard InChI is InChI=1S/C45H25N5/c1-47-39-24-22-32(49-41-18-6-3-15-36(41)37-23-21-29(28-46)25-44(37)49)27-38(39)31-12-9-11-30(26-31)33-16-10-17-40(48-2)45(33)50-42-19-7-4-13-34(42)35-14-5-8-20-43(35)50/h3-27H. The molecule has 0 aliphatic heterocycles. The third-order valence-electron chi connectivity index (χ3n) is 9.59. The Morgan fingerprint density at radius 1 is 0.460 bits per heavy atom. The van der Waals surface area contributed by atoms with Crippen LogP contribution in [0.5, 0.6) is 0 Å². The van der Waals surface area contributed by atoms with E-state index < -0.39 is 0 Å². The molecule has 0 saturated carbocycles. The SMILES string of the molecule is [C-]#[N+]c1ccc(-n2c3ccccc3c3ccc(C#N)cc32)cc1-c1cccc(-c2cccc([N+]#[C-])c2-n2c3ccccc3c3ccccc32)c1. The maximum Gasteiger partial charge on any atom is 0.211 e. The molecular formula is C45H25N5. The average Bonchev–Trinajstić information content (AvgIpc) is 3.69. The molecule has 5 nitrogen and oxygen atoms in total. The van der Waals surface area contributed by atoms with Gasteiger partial charge in [0.1, 0.15) is 0 Å². The first-order valence-electron chi connectivity index (χ1n) is 16.2. The van der Waals surface area contributed by atoms with Gasteiger partial charge in [-0.15, -0.1) is 0 Å². The van der Waals surface area contributed by atoms with Crippen molar-refractivity contribution in [3.05, 3.63) is 180 Å². The molecule has 0 saturated heterocycles. The molecule has 0 N–H and O–H groups in total. The second kappa shape index (κ2) is 11.4.